The first-order valence-corrected chi connectivity index (χ1v) is 7.81. The molecule has 0 unspecified atom stereocenters. The summed E-state index contributed by atoms with van der Waals surface area (Å²) in [5.41, 5.74) is 7.31. The van der Waals surface area contributed by atoms with Crippen LogP contribution in [0.2, 0.25) is 0 Å². The van der Waals surface area contributed by atoms with Crippen LogP contribution in [0.25, 0.3) is 11.1 Å². The fraction of sp³-hybridized carbons (Fsp3) is 0.176. The summed E-state index contributed by atoms with van der Waals surface area (Å²) in [6.45, 7) is 2.02. The molecular formula is C17H16N4O5. The molecule has 2 aromatic heterocycles. The number of ether oxygens (including phenoxy) is 1. The number of rotatable bonds is 4. The van der Waals surface area contributed by atoms with Crippen molar-refractivity contribution < 1.29 is 18.7 Å². The van der Waals surface area contributed by atoms with Gasteiger partial charge in [0.05, 0.1) is 18.8 Å². The molecule has 0 spiro atoms. The Balaban J connectivity index is 1.90. The van der Waals surface area contributed by atoms with Crippen LogP contribution in [0, 0.1) is 0 Å². The van der Waals surface area contributed by atoms with E-state index < -0.39 is 17.8 Å². The lowest BCUT2D eigenvalue weighted by Gasteiger charge is -2.06. The second-order valence-corrected chi connectivity index (χ2v) is 5.35. The number of benzene rings is 1. The molecule has 0 saturated heterocycles. The molecule has 0 fully saturated rings. The van der Waals surface area contributed by atoms with Crippen molar-refractivity contribution in [3.8, 4) is 0 Å². The van der Waals surface area contributed by atoms with Gasteiger partial charge in [-0.2, -0.15) is 0 Å². The molecule has 0 aliphatic carbocycles. The van der Waals surface area contributed by atoms with Crippen molar-refractivity contribution in [3.05, 3.63) is 58.3 Å². The van der Waals surface area contributed by atoms with E-state index in [1.165, 1.54) is 30.5 Å². The average molecular weight is 356 g/mol. The number of hydrogen-bond acceptors (Lipinski definition) is 7. The first-order valence-electron chi connectivity index (χ1n) is 7.81. The summed E-state index contributed by atoms with van der Waals surface area (Å²) in [7, 11) is 0. The maximum absolute atomic E-state index is 12.8. The minimum atomic E-state index is -0.807. The van der Waals surface area contributed by atoms with Gasteiger partial charge in [-0.25, -0.2) is 14.2 Å². The van der Waals surface area contributed by atoms with Crippen molar-refractivity contribution >= 4 is 28.8 Å². The lowest BCUT2D eigenvalue weighted by atomic mass is 10.2. The summed E-state index contributed by atoms with van der Waals surface area (Å²) < 4.78 is 10.7. The monoisotopic (exact) mass is 356 g/mol. The molecule has 3 N–H and O–H groups in total. The second kappa shape index (κ2) is 7.09. The van der Waals surface area contributed by atoms with Crippen molar-refractivity contribution in [2.24, 2.45) is 0 Å². The van der Waals surface area contributed by atoms with E-state index in [0.29, 0.717) is 11.4 Å². The lowest BCUT2D eigenvalue weighted by molar-refractivity contribution is 0.0956. The topological polar surface area (TPSA) is 129 Å². The molecular weight excluding hydrogens is 340 g/mol. The van der Waals surface area contributed by atoms with Gasteiger partial charge in [-0.1, -0.05) is 0 Å². The predicted molar refractivity (Wildman–Crippen MR) is 92.7 cm³/mol. The predicted octanol–water partition coefficient (Wildman–Crippen LogP) is 1.51. The van der Waals surface area contributed by atoms with Gasteiger partial charge in [0.1, 0.15) is 5.52 Å². The Morgan fingerprint density at radius 1 is 1.31 bits per heavy atom. The van der Waals surface area contributed by atoms with Crippen molar-refractivity contribution in [1.29, 1.82) is 0 Å². The number of carbonyl (C=O) groups is 2. The zero-order valence-electron chi connectivity index (χ0n) is 13.9. The summed E-state index contributed by atoms with van der Waals surface area (Å²) in [5.74, 6) is -1.39. The molecule has 26 heavy (non-hydrogen) atoms. The Morgan fingerprint density at radius 3 is 2.88 bits per heavy atom. The Bertz CT molecular complexity index is 1040. The number of anilines is 1. The minimum absolute atomic E-state index is 0.0773. The van der Waals surface area contributed by atoms with Crippen LogP contribution in [-0.2, 0) is 11.3 Å². The first-order chi connectivity index (χ1) is 12.5. The van der Waals surface area contributed by atoms with Gasteiger partial charge in [0.25, 0.3) is 5.91 Å². The Hall–Kier alpha value is -3.62. The molecule has 2 heterocycles. The third-order valence-corrected chi connectivity index (χ3v) is 3.56. The second-order valence-electron chi connectivity index (χ2n) is 5.35. The van der Waals surface area contributed by atoms with Crippen molar-refractivity contribution in [3.63, 3.8) is 0 Å². The van der Waals surface area contributed by atoms with Crippen molar-refractivity contribution in [2.45, 2.75) is 13.5 Å². The minimum Gasteiger partial charge on any atom is -0.450 e. The highest BCUT2D eigenvalue weighted by molar-refractivity contribution is 6.01. The molecule has 0 radical (unpaired) electrons. The lowest BCUT2D eigenvalue weighted by Crippen LogP contribution is -2.25. The quantitative estimate of drug-likeness (QED) is 0.678. The Morgan fingerprint density at radius 2 is 2.12 bits per heavy atom. The number of fused-ring (bicyclic) bond motifs is 1. The number of amides is 1. The Labute approximate surface area is 147 Å². The van der Waals surface area contributed by atoms with E-state index in [4.69, 9.17) is 14.9 Å². The number of alkyl carbamates (subject to hydrolysis) is 1. The van der Waals surface area contributed by atoms with Gasteiger partial charge in [-0.15, -0.1) is 0 Å². The van der Waals surface area contributed by atoms with Crippen LogP contribution < -0.4 is 16.8 Å². The molecule has 0 saturated carbocycles. The van der Waals surface area contributed by atoms with E-state index in [1.807, 2.05) is 0 Å². The van der Waals surface area contributed by atoms with E-state index >= 15 is 0 Å². The van der Waals surface area contributed by atoms with E-state index in [9.17, 15) is 14.4 Å². The highest BCUT2D eigenvalue weighted by Crippen LogP contribution is 2.17. The summed E-state index contributed by atoms with van der Waals surface area (Å²) in [5, 5.41) is 2.51. The first kappa shape index (κ1) is 17.2. The summed E-state index contributed by atoms with van der Waals surface area (Å²) in [6, 6.07) is 7.53. The number of pyridine rings is 1. The third kappa shape index (κ3) is 3.41. The van der Waals surface area contributed by atoms with Crippen LogP contribution in [0.15, 0.2) is 45.7 Å². The highest BCUT2D eigenvalue weighted by atomic mass is 16.5. The Kier molecular flexibility index (Phi) is 4.70. The average Bonchev–Trinajstić information content (AvgIpc) is 2.95. The fourth-order valence-electron chi connectivity index (χ4n) is 2.41. The number of aromatic nitrogens is 2. The molecule has 0 aliphatic heterocycles. The van der Waals surface area contributed by atoms with Gasteiger partial charge >= 0.3 is 11.8 Å². The van der Waals surface area contributed by atoms with Crippen LogP contribution in [0.1, 0.15) is 23.0 Å². The highest BCUT2D eigenvalue weighted by Gasteiger charge is 2.18. The standard InChI is InChI=1S/C17H16N4O5/c1-2-25-16(23)20-9-12-7-10(5-6-19-12)15(22)21-13-8-11(18)3-4-14(13)26-17(21)24/h3-8H,2,9,18H2,1H3,(H,20,23). The number of oxazole rings is 1. The normalized spacial score (nSPS) is 10.7. The number of nitrogens with two attached hydrogens (primary N) is 1. The van der Waals surface area contributed by atoms with E-state index in [1.54, 1.807) is 13.0 Å². The van der Waals surface area contributed by atoms with E-state index in [2.05, 4.69) is 10.3 Å². The van der Waals surface area contributed by atoms with Gasteiger partial charge < -0.3 is 20.2 Å². The van der Waals surface area contributed by atoms with Gasteiger partial charge in [0, 0.05) is 17.4 Å². The number of carbonyl (C=O) groups excluding carboxylic acids is 2. The van der Waals surface area contributed by atoms with Gasteiger partial charge in [0.2, 0.25) is 0 Å². The zero-order chi connectivity index (χ0) is 18.7. The molecule has 1 amide bonds. The SMILES string of the molecule is CCOC(=O)NCc1cc(C(=O)n2c(=O)oc3ccc(N)cc32)ccn1. The largest absolute Gasteiger partial charge is 0.450 e. The molecule has 134 valence electrons. The van der Waals surface area contributed by atoms with E-state index in [0.717, 1.165) is 4.57 Å². The van der Waals surface area contributed by atoms with Crippen LogP contribution in [0.4, 0.5) is 10.5 Å². The molecule has 0 aliphatic rings. The molecule has 1 aromatic carbocycles. The van der Waals surface area contributed by atoms with Gasteiger partial charge in [0.15, 0.2) is 5.58 Å². The molecule has 3 aromatic rings. The third-order valence-electron chi connectivity index (χ3n) is 3.56. The van der Waals surface area contributed by atoms with Crippen LogP contribution >= 0.6 is 0 Å². The van der Waals surface area contributed by atoms with Crippen molar-refractivity contribution in [2.75, 3.05) is 12.3 Å². The number of nitrogen functional groups attached to an aromatic ring is 1. The fourth-order valence-corrected chi connectivity index (χ4v) is 2.41. The van der Waals surface area contributed by atoms with Crippen LogP contribution in [-0.4, -0.2) is 28.2 Å². The van der Waals surface area contributed by atoms with Crippen molar-refractivity contribution in [1.82, 2.24) is 14.9 Å². The van der Waals surface area contributed by atoms with Gasteiger partial charge in [-0.05, 0) is 37.3 Å². The molecule has 0 atom stereocenters. The maximum atomic E-state index is 12.8. The maximum Gasteiger partial charge on any atom is 0.427 e. The molecule has 3 rings (SSSR count). The number of nitrogens with one attached hydrogen (secondary N) is 1. The summed E-state index contributed by atoms with van der Waals surface area (Å²) >= 11 is 0. The molecule has 0 bridgehead atoms. The summed E-state index contributed by atoms with van der Waals surface area (Å²) in [4.78, 5) is 40.3. The van der Waals surface area contributed by atoms with Gasteiger partial charge in [-0.3, -0.25) is 9.78 Å². The smallest absolute Gasteiger partial charge is 0.427 e. The molecule has 9 nitrogen and oxygen atoms in total. The number of nitrogens with zero attached hydrogens (tertiary/aromatic N) is 2. The molecule has 9 heteroatoms. The van der Waals surface area contributed by atoms with Crippen LogP contribution in [0.3, 0.4) is 0 Å². The number of hydrogen-bond donors (Lipinski definition) is 2. The van der Waals surface area contributed by atoms with Crippen LogP contribution in [0.5, 0.6) is 0 Å². The zero-order valence-corrected chi connectivity index (χ0v) is 13.9. The van der Waals surface area contributed by atoms with E-state index in [-0.39, 0.29) is 29.8 Å². The summed E-state index contributed by atoms with van der Waals surface area (Å²) in [6.07, 6.45) is 0.829.